The summed E-state index contributed by atoms with van der Waals surface area (Å²) in [6, 6.07) is 3.57. The van der Waals surface area contributed by atoms with E-state index in [0.717, 1.165) is 15.6 Å². The molecular weight excluding hydrogens is 320 g/mol. The Balaban J connectivity index is 2.98. The Morgan fingerprint density at radius 3 is 2.47 bits per heavy atom. The second-order valence-corrected chi connectivity index (χ2v) is 5.04. The monoisotopic (exact) mass is 323 g/mol. The van der Waals surface area contributed by atoms with Crippen LogP contribution in [0.3, 0.4) is 0 Å². The molecule has 0 aliphatic rings. The molecule has 0 aliphatic carbocycles. The molecule has 1 aromatic heterocycles. The van der Waals surface area contributed by atoms with Crippen molar-refractivity contribution in [2.24, 2.45) is 0 Å². The summed E-state index contributed by atoms with van der Waals surface area (Å²) in [5, 5.41) is 2.40. The van der Waals surface area contributed by atoms with Crippen LogP contribution in [0.5, 0.6) is 0 Å². The van der Waals surface area contributed by atoms with Crippen molar-refractivity contribution in [3.8, 4) is 0 Å². The molecule has 0 radical (unpaired) electrons. The first kappa shape index (κ1) is 11.5. The summed E-state index contributed by atoms with van der Waals surface area (Å²) < 4.78 is 0.797. The molecule has 0 saturated heterocycles. The fourth-order valence-corrected chi connectivity index (χ4v) is 2.43. The molecule has 0 saturated carbocycles. The Morgan fingerprint density at radius 2 is 1.80 bits per heavy atom. The van der Waals surface area contributed by atoms with E-state index in [9.17, 15) is 0 Å². The van der Waals surface area contributed by atoms with E-state index in [4.69, 9.17) is 34.8 Å². The number of aryl methyl sites for hydroxylation is 1. The number of rotatable bonds is 0. The van der Waals surface area contributed by atoms with Gasteiger partial charge in [-0.2, -0.15) is 0 Å². The van der Waals surface area contributed by atoms with Gasteiger partial charge in [-0.15, -0.1) is 0 Å². The summed E-state index contributed by atoms with van der Waals surface area (Å²) in [6.45, 7) is 1.82. The van der Waals surface area contributed by atoms with E-state index in [1.807, 2.05) is 13.0 Å². The van der Waals surface area contributed by atoms with Gasteiger partial charge < -0.3 is 0 Å². The minimum atomic E-state index is 0.453. The molecular formula is C10H5BrCl3N. The molecule has 0 N–H and O–H groups in total. The second-order valence-electron chi connectivity index (χ2n) is 3.08. The molecule has 0 amide bonds. The van der Waals surface area contributed by atoms with Crippen molar-refractivity contribution in [3.63, 3.8) is 0 Å². The third-order valence-corrected chi connectivity index (χ3v) is 4.40. The Hall–Kier alpha value is -0.0200. The van der Waals surface area contributed by atoms with Gasteiger partial charge in [0.15, 0.2) is 0 Å². The molecule has 1 aromatic carbocycles. The van der Waals surface area contributed by atoms with Crippen LogP contribution in [-0.4, -0.2) is 4.98 Å². The van der Waals surface area contributed by atoms with Gasteiger partial charge in [0.25, 0.3) is 0 Å². The predicted molar refractivity (Wildman–Crippen MR) is 69.2 cm³/mol. The van der Waals surface area contributed by atoms with E-state index in [1.54, 1.807) is 6.07 Å². The molecule has 0 spiro atoms. The maximum absolute atomic E-state index is 6.06. The van der Waals surface area contributed by atoms with Gasteiger partial charge in [0.1, 0.15) is 0 Å². The molecule has 15 heavy (non-hydrogen) atoms. The first-order valence-corrected chi connectivity index (χ1v) is 6.04. The highest BCUT2D eigenvalue weighted by Crippen LogP contribution is 2.37. The van der Waals surface area contributed by atoms with E-state index in [-0.39, 0.29) is 0 Å². The van der Waals surface area contributed by atoms with Crippen molar-refractivity contribution in [3.05, 3.63) is 37.4 Å². The van der Waals surface area contributed by atoms with E-state index in [0.29, 0.717) is 20.6 Å². The minimum Gasteiger partial charge on any atom is -0.250 e. The topological polar surface area (TPSA) is 12.9 Å². The average Bonchev–Trinajstić information content (AvgIpc) is 2.21. The van der Waals surface area contributed by atoms with Crippen molar-refractivity contribution in [2.75, 3.05) is 0 Å². The number of fused-ring (bicyclic) bond motifs is 1. The van der Waals surface area contributed by atoms with Crippen LogP contribution in [0.1, 0.15) is 5.69 Å². The molecule has 2 rings (SSSR count). The average molecular weight is 325 g/mol. The largest absolute Gasteiger partial charge is 0.250 e. The van der Waals surface area contributed by atoms with E-state index in [1.165, 1.54) is 0 Å². The standard InChI is InChI=1S/C10H5BrCl3N/c1-4-8(13)7(11)5-2-3-6(12)9(14)10(5)15-4/h2-3H,1H3. The lowest BCUT2D eigenvalue weighted by Crippen LogP contribution is -1.89. The zero-order valence-corrected chi connectivity index (χ0v) is 11.5. The highest BCUT2D eigenvalue weighted by atomic mass is 79.9. The Kier molecular flexibility index (Phi) is 3.13. The Bertz CT molecular complexity index is 554. The SMILES string of the molecule is Cc1nc2c(Cl)c(Cl)ccc2c(Br)c1Cl. The van der Waals surface area contributed by atoms with Gasteiger partial charge in [-0.3, -0.25) is 0 Å². The normalized spacial score (nSPS) is 11.0. The quantitative estimate of drug-likeness (QED) is 0.643. The van der Waals surface area contributed by atoms with Crippen LogP contribution in [0.4, 0.5) is 0 Å². The summed E-state index contributed by atoms with van der Waals surface area (Å²) in [4.78, 5) is 4.32. The molecule has 0 aliphatic heterocycles. The molecule has 5 heteroatoms. The van der Waals surface area contributed by atoms with Gasteiger partial charge in [0.05, 0.1) is 26.3 Å². The Morgan fingerprint density at radius 1 is 1.13 bits per heavy atom. The van der Waals surface area contributed by atoms with Crippen molar-refractivity contribution < 1.29 is 0 Å². The third-order valence-electron chi connectivity index (χ3n) is 2.10. The maximum atomic E-state index is 6.06. The lowest BCUT2D eigenvalue weighted by Gasteiger charge is -2.07. The summed E-state index contributed by atoms with van der Waals surface area (Å²) in [5.41, 5.74) is 1.39. The number of halogens is 4. The van der Waals surface area contributed by atoms with Crippen molar-refractivity contribution in [2.45, 2.75) is 6.92 Å². The molecule has 2 aromatic rings. The van der Waals surface area contributed by atoms with Crippen LogP contribution in [0.2, 0.25) is 15.1 Å². The van der Waals surface area contributed by atoms with Crippen molar-refractivity contribution in [1.29, 1.82) is 0 Å². The van der Waals surface area contributed by atoms with Crippen LogP contribution in [-0.2, 0) is 0 Å². The van der Waals surface area contributed by atoms with Crippen LogP contribution in [0.15, 0.2) is 16.6 Å². The van der Waals surface area contributed by atoms with Crippen molar-refractivity contribution >= 4 is 61.6 Å². The van der Waals surface area contributed by atoms with Gasteiger partial charge in [-0.05, 0) is 28.9 Å². The van der Waals surface area contributed by atoms with Gasteiger partial charge in [-0.1, -0.05) is 40.9 Å². The van der Waals surface area contributed by atoms with E-state index in [2.05, 4.69) is 20.9 Å². The molecule has 0 atom stereocenters. The zero-order chi connectivity index (χ0) is 11.2. The lowest BCUT2D eigenvalue weighted by molar-refractivity contribution is 1.25. The minimum absolute atomic E-state index is 0.453. The predicted octanol–water partition coefficient (Wildman–Crippen LogP) is 5.27. The maximum Gasteiger partial charge on any atom is 0.0919 e. The third kappa shape index (κ3) is 1.84. The number of hydrogen-bond donors (Lipinski definition) is 0. The smallest absolute Gasteiger partial charge is 0.0919 e. The molecule has 0 unspecified atom stereocenters. The number of aromatic nitrogens is 1. The van der Waals surface area contributed by atoms with Gasteiger partial charge >= 0.3 is 0 Å². The lowest BCUT2D eigenvalue weighted by atomic mass is 10.2. The van der Waals surface area contributed by atoms with Crippen LogP contribution in [0, 0.1) is 6.92 Å². The first-order chi connectivity index (χ1) is 7.02. The molecule has 1 heterocycles. The van der Waals surface area contributed by atoms with Crippen LogP contribution in [0.25, 0.3) is 10.9 Å². The summed E-state index contributed by atoms with van der Waals surface area (Å²) >= 11 is 21.5. The van der Waals surface area contributed by atoms with E-state index < -0.39 is 0 Å². The summed E-state index contributed by atoms with van der Waals surface area (Å²) in [5.74, 6) is 0. The van der Waals surface area contributed by atoms with Crippen LogP contribution < -0.4 is 0 Å². The van der Waals surface area contributed by atoms with Gasteiger partial charge in [0, 0.05) is 9.86 Å². The molecule has 1 nitrogen and oxygen atoms in total. The highest BCUT2D eigenvalue weighted by Gasteiger charge is 2.12. The fraction of sp³-hybridized carbons (Fsp3) is 0.100. The van der Waals surface area contributed by atoms with E-state index >= 15 is 0 Å². The van der Waals surface area contributed by atoms with Gasteiger partial charge in [-0.25, -0.2) is 4.98 Å². The number of benzene rings is 1. The number of hydrogen-bond acceptors (Lipinski definition) is 1. The molecule has 78 valence electrons. The zero-order valence-electron chi connectivity index (χ0n) is 7.61. The summed E-state index contributed by atoms with van der Waals surface area (Å²) in [6.07, 6.45) is 0. The molecule has 0 fully saturated rings. The Labute approximate surface area is 110 Å². The van der Waals surface area contributed by atoms with Crippen LogP contribution >= 0.6 is 50.7 Å². The van der Waals surface area contributed by atoms with Gasteiger partial charge in [0.2, 0.25) is 0 Å². The number of nitrogens with zero attached hydrogens (tertiary/aromatic N) is 1. The number of pyridine rings is 1. The summed E-state index contributed by atoms with van der Waals surface area (Å²) in [7, 11) is 0. The second kappa shape index (κ2) is 4.10. The first-order valence-electron chi connectivity index (χ1n) is 4.11. The molecule has 0 bridgehead atoms. The highest BCUT2D eigenvalue weighted by molar-refractivity contribution is 9.10. The van der Waals surface area contributed by atoms with Crippen molar-refractivity contribution in [1.82, 2.24) is 4.98 Å². The fourth-order valence-electron chi connectivity index (χ4n) is 1.32.